The van der Waals surface area contributed by atoms with Crippen LogP contribution >= 0.6 is 11.3 Å². The van der Waals surface area contributed by atoms with Gasteiger partial charge in [-0.3, -0.25) is 14.9 Å². The van der Waals surface area contributed by atoms with E-state index < -0.39 is 5.91 Å². The highest BCUT2D eigenvalue weighted by atomic mass is 32.1. The van der Waals surface area contributed by atoms with Gasteiger partial charge in [0.15, 0.2) is 5.13 Å². The Labute approximate surface area is 150 Å². The van der Waals surface area contributed by atoms with Crippen LogP contribution < -0.4 is 5.32 Å². The fourth-order valence-electron chi connectivity index (χ4n) is 3.15. The third-order valence-electron chi connectivity index (χ3n) is 4.09. The highest BCUT2D eigenvalue weighted by Gasteiger charge is 2.25. The lowest BCUT2D eigenvalue weighted by Crippen LogP contribution is -2.43. The number of amides is 2. The van der Waals surface area contributed by atoms with E-state index in [2.05, 4.69) is 34.1 Å². The molecule has 3 heterocycles. The molecule has 0 saturated carbocycles. The van der Waals surface area contributed by atoms with Crippen LogP contribution in [0.5, 0.6) is 0 Å². The van der Waals surface area contributed by atoms with Crippen molar-refractivity contribution in [1.82, 2.24) is 19.9 Å². The molecule has 132 valence electrons. The molecule has 25 heavy (non-hydrogen) atoms. The first-order chi connectivity index (χ1) is 12.0. The fourth-order valence-corrected chi connectivity index (χ4v) is 3.85. The molecule has 0 bridgehead atoms. The number of carbonyl (C=O) groups excluding carboxylic acids is 2. The number of piperidine rings is 1. The second-order valence-electron chi connectivity index (χ2n) is 6.59. The number of hydrogen-bond donors (Lipinski definition) is 1. The standard InChI is InChI=1S/C17H21N5O2S/c1-11-6-12(2)9-22(8-11)14(23)7-13-10-25-17(20-13)21-16(24)15-18-4-3-5-19-15/h3-5,10-12H,6-9H2,1-2H3,(H,20,21,24). The van der Waals surface area contributed by atoms with Gasteiger partial charge in [0.1, 0.15) is 0 Å². The highest BCUT2D eigenvalue weighted by Crippen LogP contribution is 2.22. The van der Waals surface area contributed by atoms with Crippen molar-refractivity contribution < 1.29 is 9.59 Å². The topological polar surface area (TPSA) is 88.1 Å². The van der Waals surface area contributed by atoms with Crippen molar-refractivity contribution in [2.45, 2.75) is 26.7 Å². The zero-order chi connectivity index (χ0) is 17.8. The van der Waals surface area contributed by atoms with Gasteiger partial charge in [-0.05, 0) is 24.3 Å². The van der Waals surface area contributed by atoms with Crippen LogP contribution in [0.3, 0.4) is 0 Å². The maximum atomic E-state index is 12.5. The maximum Gasteiger partial charge on any atom is 0.295 e. The molecule has 7 nitrogen and oxygen atoms in total. The number of hydrogen-bond acceptors (Lipinski definition) is 6. The van der Waals surface area contributed by atoms with Crippen molar-refractivity contribution in [2.24, 2.45) is 11.8 Å². The zero-order valence-electron chi connectivity index (χ0n) is 14.3. The third-order valence-corrected chi connectivity index (χ3v) is 4.90. The number of anilines is 1. The van der Waals surface area contributed by atoms with E-state index in [0.717, 1.165) is 19.5 Å². The predicted molar refractivity (Wildman–Crippen MR) is 95.3 cm³/mol. The SMILES string of the molecule is CC1CC(C)CN(C(=O)Cc2csc(NC(=O)c3ncccn3)n2)C1. The smallest absolute Gasteiger partial charge is 0.295 e. The van der Waals surface area contributed by atoms with Crippen molar-refractivity contribution in [1.29, 1.82) is 0 Å². The van der Waals surface area contributed by atoms with Gasteiger partial charge in [-0.1, -0.05) is 13.8 Å². The number of nitrogens with one attached hydrogen (secondary N) is 1. The monoisotopic (exact) mass is 359 g/mol. The number of aromatic nitrogens is 3. The summed E-state index contributed by atoms with van der Waals surface area (Å²) in [7, 11) is 0. The Morgan fingerprint density at radius 1 is 1.24 bits per heavy atom. The van der Waals surface area contributed by atoms with E-state index >= 15 is 0 Å². The van der Waals surface area contributed by atoms with E-state index in [9.17, 15) is 9.59 Å². The molecule has 1 fully saturated rings. The predicted octanol–water partition coefficient (Wildman–Crippen LogP) is 2.23. The summed E-state index contributed by atoms with van der Waals surface area (Å²) in [5, 5.41) is 4.91. The van der Waals surface area contributed by atoms with Crippen LogP contribution in [0.1, 0.15) is 36.6 Å². The zero-order valence-corrected chi connectivity index (χ0v) is 15.1. The largest absolute Gasteiger partial charge is 0.342 e. The van der Waals surface area contributed by atoms with Gasteiger partial charge in [-0.2, -0.15) is 0 Å². The van der Waals surface area contributed by atoms with Gasteiger partial charge >= 0.3 is 0 Å². The molecule has 2 unspecified atom stereocenters. The first-order valence-corrected chi connectivity index (χ1v) is 9.19. The molecule has 0 radical (unpaired) electrons. The quantitative estimate of drug-likeness (QED) is 0.904. The van der Waals surface area contributed by atoms with Gasteiger partial charge in [0.2, 0.25) is 11.7 Å². The van der Waals surface area contributed by atoms with Gasteiger partial charge in [-0.25, -0.2) is 15.0 Å². The molecular weight excluding hydrogens is 338 g/mol. The van der Waals surface area contributed by atoms with Crippen LogP contribution in [0.25, 0.3) is 0 Å². The molecule has 0 aliphatic carbocycles. The summed E-state index contributed by atoms with van der Waals surface area (Å²) >= 11 is 1.29. The van der Waals surface area contributed by atoms with Crippen molar-refractivity contribution in [3.05, 3.63) is 35.4 Å². The lowest BCUT2D eigenvalue weighted by molar-refractivity contribution is -0.133. The number of thiazole rings is 1. The minimum absolute atomic E-state index is 0.0895. The van der Waals surface area contributed by atoms with E-state index in [0.29, 0.717) is 22.7 Å². The van der Waals surface area contributed by atoms with Crippen LogP contribution in [0.4, 0.5) is 5.13 Å². The Kier molecular flexibility index (Phi) is 5.37. The summed E-state index contributed by atoms with van der Waals surface area (Å²) in [5.74, 6) is 0.832. The minimum Gasteiger partial charge on any atom is -0.342 e. The Morgan fingerprint density at radius 2 is 1.92 bits per heavy atom. The van der Waals surface area contributed by atoms with E-state index in [1.807, 2.05) is 4.90 Å². The molecule has 1 aliphatic rings. The van der Waals surface area contributed by atoms with Crippen LogP contribution in [0, 0.1) is 11.8 Å². The molecule has 2 aromatic rings. The third kappa shape index (κ3) is 4.60. The molecule has 0 aromatic carbocycles. The molecule has 2 aromatic heterocycles. The number of carbonyl (C=O) groups is 2. The van der Waals surface area contributed by atoms with Crippen molar-refractivity contribution in [3.8, 4) is 0 Å². The number of rotatable bonds is 4. The summed E-state index contributed by atoms with van der Waals surface area (Å²) in [6, 6.07) is 1.65. The van der Waals surface area contributed by atoms with Crippen LogP contribution in [0.2, 0.25) is 0 Å². The van der Waals surface area contributed by atoms with Crippen LogP contribution in [-0.2, 0) is 11.2 Å². The van der Waals surface area contributed by atoms with Crippen LogP contribution in [0.15, 0.2) is 23.8 Å². The van der Waals surface area contributed by atoms with Crippen LogP contribution in [-0.4, -0.2) is 44.8 Å². The summed E-state index contributed by atoms with van der Waals surface area (Å²) in [6.07, 6.45) is 4.44. The van der Waals surface area contributed by atoms with Gasteiger partial charge < -0.3 is 4.90 Å². The summed E-state index contributed by atoms with van der Waals surface area (Å²) in [5.41, 5.74) is 0.671. The fraction of sp³-hybridized carbons (Fsp3) is 0.471. The maximum absolute atomic E-state index is 12.5. The van der Waals surface area contributed by atoms with E-state index in [1.54, 1.807) is 11.4 Å². The van der Waals surface area contributed by atoms with Gasteiger partial charge in [0, 0.05) is 30.9 Å². The Hall–Kier alpha value is -2.35. The Morgan fingerprint density at radius 3 is 2.60 bits per heavy atom. The Bertz CT molecular complexity index is 739. The second kappa shape index (κ2) is 7.69. The summed E-state index contributed by atoms with van der Waals surface area (Å²) in [6.45, 7) is 5.97. The van der Waals surface area contributed by atoms with Crippen molar-refractivity contribution in [3.63, 3.8) is 0 Å². The van der Waals surface area contributed by atoms with Gasteiger partial charge in [0.05, 0.1) is 12.1 Å². The molecule has 8 heteroatoms. The first kappa shape index (κ1) is 17.5. The summed E-state index contributed by atoms with van der Waals surface area (Å²) < 4.78 is 0. The number of likely N-dealkylation sites (tertiary alicyclic amines) is 1. The second-order valence-corrected chi connectivity index (χ2v) is 7.45. The molecule has 1 N–H and O–H groups in total. The van der Waals surface area contributed by atoms with E-state index in [4.69, 9.17) is 0 Å². The highest BCUT2D eigenvalue weighted by molar-refractivity contribution is 7.14. The van der Waals surface area contributed by atoms with Gasteiger partial charge in [-0.15, -0.1) is 11.3 Å². The molecular formula is C17H21N5O2S. The lowest BCUT2D eigenvalue weighted by atomic mass is 9.92. The molecule has 1 saturated heterocycles. The first-order valence-electron chi connectivity index (χ1n) is 8.32. The average Bonchev–Trinajstić information content (AvgIpc) is 3.01. The number of nitrogens with zero attached hydrogens (tertiary/aromatic N) is 4. The molecule has 1 aliphatic heterocycles. The average molecular weight is 359 g/mol. The lowest BCUT2D eigenvalue weighted by Gasteiger charge is -2.35. The molecule has 3 rings (SSSR count). The van der Waals surface area contributed by atoms with E-state index in [-0.39, 0.29) is 18.2 Å². The molecule has 2 atom stereocenters. The molecule has 0 spiro atoms. The normalized spacial score (nSPS) is 20.3. The molecule has 2 amide bonds. The van der Waals surface area contributed by atoms with Gasteiger partial charge in [0.25, 0.3) is 5.91 Å². The minimum atomic E-state index is -0.411. The van der Waals surface area contributed by atoms with Crippen molar-refractivity contribution in [2.75, 3.05) is 18.4 Å². The van der Waals surface area contributed by atoms with Crippen molar-refractivity contribution >= 4 is 28.3 Å². The van der Waals surface area contributed by atoms with E-state index in [1.165, 1.54) is 23.7 Å². The summed E-state index contributed by atoms with van der Waals surface area (Å²) in [4.78, 5) is 38.6. The Balaban J connectivity index is 1.58.